The van der Waals surface area contributed by atoms with Gasteiger partial charge in [-0.15, -0.1) is 0 Å². The van der Waals surface area contributed by atoms with Gasteiger partial charge in [-0.05, 0) is 61.6 Å². The van der Waals surface area contributed by atoms with Crippen molar-refractivity contribution < 1.29 is 19.2 Å². The Bertz CT molecular complexity index is 1130. The van der Waals surface area contributed by atoms with Crippen LogP contribution >= 0.6 is 0 Å². The number of rotatable bonds is 7. The summed E-state index contributed by atoms with van der Waals surface area (Å²) in [6.07, 6.45) is 2.38. The summed E-state index contributed by atoms with van der Waals surface area (Å²) in [7, 11) is 0. The van der Waals surface area contributed by atoms with E-state index >= 15 is 0 Å². The van der Waals surface area contributed by atoms with Crippen molar-refractivity contribution >= 4 is 34.9 Å². The van der Waals surface area contributed by atoms with Crippen LogP contribution in [0.4, 0.5) is 0 Å². The molecule has 3 N–H and O–H groups in total. The van der Waals surface area contributed by atoms with E-state index in [4.69, 9.17) is 0 Å². The Labute approximate surface area is 199 Å². The van der Waals surface area contributed by atoms with Gasteiger partial charge in [-0.25, -0.2) is 0 Å². The summed E-state index contributed by atoms with van der Waals surface area (Å²) in [6.45, 7) is 9.98. The molecule has 8 heteroatoms. The van der Waals surface area contributed by atoms with Gasteiger partial charge in [0.05, 0.1) is 6.04 Å². The number of hydrogen-bond acceptors (Lipinski definition) is 4. The Kier molecular flexibility index (Phi) is 6.27. The van der Waals surface area contributed by atoms with Crippen molar-refractivity contribution in [2.45, 2.75) is 65.6 Å². The fourth-order valence-electron chi connectivity index (χ4n) is 4.98. The minimum atomic E-state index is -0.716. The van der Waals surface area contributed by atoms with Crippen LogP contribution in [0.3, 0.4) is 0 Å². The summed E-state index contributed by atoms with van der Waals surface area (Å²) in [6, 6.07) is 5.60. The van der Waals surface area contributed by atoms with Crippen molar-refractivity contribution in [3.63, 3.8) is 0 Å². The van der Waals surface area contributed by atoms with Gasteiger partial charge in [0, 0.05) is 17.4 Å². The smallest absolute Gasteiger partial charge is 0.268 e. The van der Waals surface area contributed by atoms with Crippen LogP contribution in [0.15, 0.2) is 24.3 Å². The first-order valence-electron chi connectivity index (χ1n) is 12.0. The number of carbonyl (C=O) groups excluding carboxylic acids is 4. The second-order valence-electron chi connectivity index (χ2n) is 10.6. The number of nitrogens with zero attached hydrogens (tertiary/aromatic N) is 1. The Morgan fingerprint density at radius 3 is 2.53 bits per heavy atom. The number of aromatic nitrogens is 1. The van der Waals surface area contributed by atoms with Crippen LogP contribution < -0.4 is 10.6 Å². The van der Waals surface area contributed by atoms with Gasteiger partial charge in [0.15, 0.2) is 0 Å². The van der Waals surface area contributed by atoms with Crippen LogP contribution in [0.2, 0.25) is 0 Å². The molecule has 1 aliphatic carbocycles. The van der Waals surface area contributed by atoms with E-state index in [9.17, 15) is 19.2 Å². The van der Waals surface area contributed by atoms with Gasteiger partial charge in [-0.3, -0.25) is 14.4 Å². The molecule has 2 unspecified atom stereocenters. The number of aldehydes is 1. The molecule has 2 aromatic rings. The molecule has 1 saturated carbocycles. The monoisotopic (exact) mass is 466 g/mol. The van der Waals surface area contributed by atoms with Gasteiger partial charge in [-0.1, -0.05) is 32.9 Å². The van der Waals surface area contributed by atoms with Gasteiger partial charge in [0.1, 0.15) is 24.1 Å². The van der Waals surface area contributed by atoms with Crippen molar-refractivity contribution in [2.75, 3.05) is 6.54 Å². The number of hydrogen-bond donors (Lipinski definition) is 3. The van der Waals surface area contributed by atoms with E-state index in [2.05, 4.69) is 15.6 Å². The average Bonchev–Trinajstić information content (AvgIpc) is 3.47. The van der Waals surface area contributed by atoms with Crippen LogP contribution in [0.1, 0.15) is 56.6 Å². The van der Waals surface area contributed by atoms with Crippen LogP contribution in [-0.4, -0.2) is 58.6 Å². The molecule has 4 atom stereocenters. The summed E-state index contributed by atoms with van der Waals surface area (Å²) in [5, 5.41) is 6.64. The molecule has 182 valence electrons. The lowest BCUT2D eigenvalue weighted by Gasteiger charge is -2.34. The lowest BCUT2D eigenvalue weighted by atomic mass is 9.77. The van der Waals surface area contributed by atoms with E-state index in [-0.39, 0.29) is 29.6 Å². The first-order chi connectivity index (χ1) is 16.0. The largest absolute Gasteiger partial charge is 0.351 e. The van der Waals surface area contributed by atoms with Crippen LogP contribution in [0.25, 0.3) is 10.9 Å². The highest BCUT2D eigenvalue weighted by Gasteiger charge is 2.53. The van der Waals surface area contributed by atoms with Crippen molar-refractivity contribution in [2.24, 2.45) is 17.3 Å². The Hall–Kier alpha value is -3.16. The third-order valence-electron chi connectivity index (χ3n) is 7.64. The zero-order chi connectivity index (χ0) is 24.8. The number of amides is 3. The highest BCUT2D eigenvalue weighted by atomic mass is 16.2. The average molecular weight is 467 g/mol. The highest BCUT2D eigenvalue weighted by molar-refractivity contribution is 6.01. The third kappa shape index (κ3) is 4.33. The molecule has 0 radical (unpaired) electrons. The van der Waals surface area contributed by atoms with Crippen molar-refractivity contribution in [1.29, 1.82) is 0 Å². The number of nitrogens with one attached hydrogen (secondary N) is 3. The van der Waals surface area contributed by atoms with Crippen LogP contribution in [-0.2, 0) is 14.4 Å². The van der Waals surface area contributed by atoms with Gasteiger partial charge in [-0.2, -0.15) is 0 Å². The number of carbonyl (C=O) groups is 4. The molecule has 1 saturated heterocycles. The molecule has 1 aromatic heterocycles. The molecular formula is C26H34N4O4. The summed E-state index contributed by atoms with van der Waals surface area (Å²) in [5.41, 5.74) is 1.87. The Morgan fingerprint density at radius 1 is 1.21 bits per heavy atom. The summed E-state index contributed by atoms with van der Waals surface area (Å²) in [4.78, 5) is 55.9. The molecule has 4 rings (SSSR count). The maximum absolute atomic E-state index is 13.8. The molecule has 2 fully saturated rings. The predicted octanol–water partition coefficient (Wildman–Crippen LogP) is 2.56. The zero-order valence-corrected chi connectivity index (χ0v) is 20.5. The normalized spacial score (nSPS) is 23.4. The maximum Gasteiger partial charge on any atom is 0.268 e. The number of H-pyrrole nitrogens is 1. The van der Waals surface area contributed by atoms with Gasteiger partial charge >= 0.3 is 0 Å². The molecular weight excluding hydrogens is 432 g/mol. The van der Waals surface area contributed by atoms with E-state index in [0.717, 1.165) is 29.3 Å². The van der Waals surface area contributed by atoms with E-state index < -0.39 is 23.5 Å². The molecule has 8 nitrogen and oxygen atoms in total. The van der Waals surface area contributed by atoms with Gasteiger partial charge < -0.3 is 25.3 Å². The number of fused-ring (bicyclic) bond motifs is 1. The number of aryl methyl sites for hydroxylation is 1. The van der Waals surface area contributed by atoms with Crippen molar-refractivity contribution in [3.05, 3.63) is 35.5 Å². The molecule has 2 heterocycles. The van der Waals surface area contributed by atoms with E-state index in [1.165, 1.54) is 0 Å². The Balaban J connectivity index is 1.57. The number of benzene rings is 1. The quantitative estimate of drug-likeness (QED) is 0.545. The van der Waals surface area contributed by atoms with E-state index in [1.54, 1.807) is 11.8 Å². The summed E-state index contributed by atoms with van der Waals surface area (Å²) < 4.78 is 0. The lowest BCUT2D eigenvalue weighted by Crippen LogP contribution is -2.57. The van der Waals surface area contributed by atoms with Crippen molar-refractivity contribution in [1.82, 2.24) is 20.5 Å². The van der Waals surface area contributed by atoms with Crippen LogP contribution in [0, 0.1) is 24.2 Å². The second kappa shape index (κ2) is 8.89. The first kappa shape index (κ1) is 24.0. The third-order valence-corrected chi connectivity index (χ3v) is 7.64. The minimum Gasteiger partial charge on any atom is -0.351 e. The summed E-state index contributed by atoms with van der Waals surface area (Å²) in [5.74, 6) is -0.776. The fourth-order valence-corrected chi connectivity index (χ4v) is 4.98. The van der Waals surface area contributed by atoms with E-state index in [0.29, 0.717) is 18.5 Å². The molecule has 34 heavy (non-hydrogen) atoms. The lowest BCUT2D eigenvalue weighted by molar-refractivity contribution is -0.142. The molecule has 0 bridgehead atoms. The Morgan fingerprint density at radius 2 is 1.91 bits per heavy atom. The highest BCUT2D eigenvalue weighted by Crippen LogP contribution is 2.43. The summed E-state index contributed by atoms with van der Waals surface area (Å²) >= 11 is 0. The fraction of sp³-hybridized carbons (Fsp3) is 0.538. The molecule has 1 aromatic carbocycles. The second-order valence-corrected chi connectivity index (χ2v) is 10.6. The number of likely N-dealkylation sites (tertiary alicyclic amines) is 1. The predicted molar refractivity (Wildman–Crippen MR) is 129 cm³/mol. The van der Waals surface area contributed by atoms with Crippen LogP contribution in [0.5, 0.6) is 0 Å². The minimum absolute atomic E-state index is 0.0548. The first-order valence-corrected chi connectivity index (χ1v) is 12.0. The maximum atomic E-state index is 13.8. The standard InChI is InChI=1S/C26H34N4O4/c1-14-7-6-8-19-18(14)11-20(28-19)23(32)29-21(17-9-10-17)25(34)30-12-15(2)26(4,5)22(30)24(33)27-16(3)13-31/h6-8,11,13,15-17,21-22,28H,9-10,12H2,1-5H3,(H,27,33)(H,29,32)/t15-,16?,21?,22-/m1/s1. The molecule has 2 aliphatic rings. The van der Waals surface area contributed by atoms with Crippen molar-refractivity contribution in [3.8, 4) is 0 Å². The van der Waals surface area contributed by atoms with Gasteiger partial charge in [0.25, 0.3) is 5.91 Å². The van der Waals surface area contributed by atoms with Gasteiger partial charge in [0.2, 0.25) is 11.8 Å². The molecule has 3 amide bonds. The van der Waals surface area contributed by atoms with E-state index in [1.807, 2.05) is 52.0 Å². The SMILES string of the molecule is Cc1cccc2[nH]c(C(=O)NC(C(=O)N3C[C@@H](C)C(C)(C)[C@H]3C(=O)NC(C)C=O)C3CC3)cc12. The topological polar surface area (TPSA) is 111 Å². The molecule has 0 spiro atoms. The molecule has 1 aliphatic heterocycles. The number of aromatic amines is 1. The zero-order valence-electron chi connectivity index (χ0n) is 20.5.